The van der Waals surface area contributed by atoms with Crippen LogP contribution in [0, 0.1) is 5.82 Å². The maximum atomic E-state index is 13.5. The van der Waals surface area contributed by atoms with E-state index in [9.17, 15) is 9.18 Å². The number of carbonyl (C=O) groups excluding carboxylic acids is 1. The van der Waals surface area contributed by atoms with Gasteiger partial charge >= 0.3 is 0 Å². The molecule has 0 bridgehead atoms. The Morgan fingerprint density at radius 3 is 2.58 bits per heavy atom. The summed E-state index contributed by atoms with van der Waals surface area (Å²) in [6.07, 6.45) is 5.79. The van der Waals surface area contributed by atoms with Crippen LogP contribution in [0.25, 0.3) is 0 Å². The molecule has 0 N–H and O–H groups in total. The molecule has 0 aromatic heterocycles. The summed E-state index contributed by atoms with van der Waals surface area (Å²) in [6, 6.07) is 4.86. The van der Waals surface area contributed by atoms with Crippen molar-refractivity contribution >= 4 is 5.91 Å². The molecule has 2 nitrogen and oxygen atoms in total. The Kier molecular flexibility index (Phi) is 2.88. The van der Waals surface area contributed by atoms with E-state index in [1.165, 1.54) is 31.4 Å². The monoisotopic (exact) mass is 261 g/mol. The average Bonchev–Trinajstić information content (AvgIpc) is 2.58. The minimum absolute atomic E-state index is 0.0758. The first kappa shape index (κ1) is 12.6. The summed E-state index contributed by atoms with van der Waals surface area (Å²) in [5.41, 5.74) is 1.12. The van der Waals surface area contributed by atoms with E-state index in [0.717, 1.165) is 18.4 Å². The fourth-order valence-electron chi connectivity index (χ4n) is 3.68. The summed E-state index contributed by atoms with van der Waals surface area (Å²) in [4.78, 5) is 14.6. The first-order valence-electron chi connectivity index (χ1n) is 7.15. The van der Waals surface area contributed by atoms with Gasteiger partial charge in [-0.15, -0.1) is 0 Å². The van der Waals surface area contributed by atoms with Crippen LogP contribution in [-0.2, 0) is 5.54 Å². The lowest BCUT2D eigenvalue weighted by molar-refractivity contribution is 0.0398. The second-order valence-corrected chi connectivity index (χ2v) is 6.22. The first-order chi connectivity index (χ1) is 9.01. The zero-order chi connectivity index (χ0) is 13.6. The van der Waals surface area contributed by atoms with Gasteiger partial charge in [-0.1, -0.05) is 19.3 Å². The third-order valence-corrected chi connectivity index (χ3v) is 4.63. The van der Waals surface area contributed by atoms with Gasteiger partial charge in [0.1, 0.15) is 5.82 Å². The molecular weight excluding hydrogens is 241 g/mol. The standard InChI is InChI=1S/C16H20FNO/c1-16(2)14-10-11(17)8-9-13(14)15(19)18(16)12-6-4-3-5-7-12/h8-10,12H,3-7H2,1-2H3. The highest BCUT2D eigenvalue weighted by atomic mass is 19.1. The van der Waals surface area contributed by atoms with Crippen molar-refractivity contribution in [2.45, 2.75) is 57.5 Å². The quantitative estimate of drug-likeness (QED) is 0.752. The Morgan fingerprint density at radius 1 is 1.21 bits per heavy atom. The van der Waals surface area contributed by atoms with Crippen LogP contribution < -0.4 is 0 Å². The highest BCUT2D eigenvalue weighted by Gasteiger charge is 2.46. The van der Waals surface area contributed by atoms with Crippen LogP contribution in [0.15, 0.2) is 18.2 Å². The number of amides is 1. The van der Waals surface area contributed by atoms with Crippen LogP contribution >= 0.6 is 0 Å². The molecule has 2 aliphatic rings. The van der Waals surface area contributed by atoms with E-state index in [2.05, 4.69) is 0 Å². The minimum Gasteiger partial charge on any atom is -0.326 e. The molecule has 1 aliphatic heterocycles. The Balaban J connectivity index is 2.02. The van der Waals surface area contributed by atoms with Crippen LogP contribution in [0.5, 0.6) is 0 Å². The van der Waals surface area contributed by atoms with Gasteiger partial charge in [0.05, 0.1) is 5.54 Å². The van der Waals surface area contributed by atoms with E-state index in [-0.39, 0.29) is 11.7 Å². The molecule has 1 amide bonds. The largest absolute Gasteiger partial charge is 0.326 e. The average molecular weight is 261 g/mol. The number of carbonyl (C=O) groups is 1. The highest BCUT2D eigenvalue weighted by Crippen LogP contribution is 2.42. The first-order valence-corrected chi connectivity index (χ1v) is 7.15. The van der Waals surface area contributed by atoms with E-state index in [0.29, 0.717) is 11.6 Å². The molecule has 1 aromatic rings. The van der Waals surface area contributed by atoms with Gasteiger partial charge in [0.25, 0.3) is 5.91 Å². The predicted octanol–water partition coefficient (Wildman–Crippen LogP) is 3.85. The van der Waals surface area contributed by atoms with E-state index < -0.39 is 5.54 Å². The molecule has 1 aliphatic carbocycles. The van der Waals surface area contributed by atoms with Crippen molar-refractivity contribution in [3.05, 3.63) is 35.1 Å². The van der Waals surface area contributed by atoms with Gasteiger partial charge in [-0.25, -0.2) is 4.39 Å². The molecule has 0 unspecified atom stereocenters. The minimum atomic E-state index is -0.392. The Hall–Kier alpha value is -1.38. The van der Waals surface area contributed by atoms with Gasteiger partial charge in [0, 0.05) is 11.6 Å². The Bertz CT molecular complexity index is 517. The second-order valence-electron chi connectivity index (χ2n) is 6.22. The SMILES string of the molecule is CC1(C)c2cc(F)ccc2C(=O)N1C1CCCCC1. The molecule has 1 aromatic carbocycles. The summed E-state index contributed by atoms with van der Waals surface area (Å²) in [7, 11) is 0. The lowest BCUT2D eigenvalue weighted by Gasteiger charge is -2.40. The molecule has 0 atom stereocenters. The topological polar surface area (TPSA) is 20.3 Å². The molecule has 1 heterocycles. The fraction of sp³-hybridized carbons (Fsp3) is 0.562. The van der Waals surface area contributed by atoms with Crippen molar-refractivity contribution < 1.29 is 9.18 Å². The van der Waals surface area contributed by atoms with E-state index >= 15 is 0 Å². The van der Waals surface area contributed by atoms with Crippen molar-refractivity contribution in [3.8, 4) is 0 Å². The molecular formula is C16H20FNO. The van der Waals surface area contributed by atoms with Gasteiger partial charge in [0.2, 0.25) is 0 Å². The third kappa shape index (κ3) is 1.87. The molecule has 1 saturated carbocycles. The number of hydrogen-bond donors (Lipinski definition) is 0. The van der Waals surface area contributed by atoms with Gasteiger partial charge in [-0.2, -0.15) is 0 Å². The van der Waals surface area contributed by atoms with Crippen LogP contribution in [0.3, 0.4) is 0 Å². The van der Waals surface area contributed by atoms with Gasteiger partial charge in [0.15, 0.2) is 0 Å². The maximum Gasteiger partial charge on any atom is 0.255 e. The summed E-state index contributed by atoms with van der Waals surface area (Å²) < 4.78 is 13.5. The van der Waals surface area contributed by atoms with Crippen molar-refractivity contribution in [1.29, 1.82) is 0 Å². The van der Waals surface area contributed by atoms with Crippen molar-refractivity contribution in [1.82, 2.24) is 4.90 Å². The number of rotatable bonds is 1. The van der Waals surface area contributed by atoms with Crippen molar-refractivity contribution in [2.75, 3.05) is 0 Å². The normalized spacial score (nSPS) is 22.7. The Labute approximate surface area is 113 Å². The third-order valence-electron chi connectivity index (χ3n) is 4.63. The molecule has 3 rings (SSSR count). The molecule has 0 saturated heterocycles. The number of hydrogen-bond acceptors (Lipinski definition) is 1. The van der Waals surface area contributed by atoms with E-state index in [1.54, 1.807) is 6.07 Å². The molecule has 102 valence electrons. The highest BCUT2D eigenvalue weighted by molar-refractivity contribution is 6.00. The molecule has 19 heavy (non-hydrogen) atoms. The van der Waals surface area contributed by atoms with Gasteiger partial charge in [-0.05, 0) is 50.5 Å². The van der Waals surface area contributed by atoms with E-state index in [1.807, 2.05) is 18.7 Å². The summed E-state index contributed by atoms with van der Waals surface area (Å²) in [6.45, 7) is 4.07. The van der Waals surface area contributed by atoms with Gasteiger partial charge < -0.3 is 4.90 Å². The lowest BCUT2D eigenvalue weighted by Crippen LogP contribution is -2.47. The van der Waals surface area contributed by atoms with Crippen LogP contribution in [-0.4, -0.2) is 16.8 Å². The van der Waals surface area contributed by atoms with Gasteiger partial charge in [-0.3, -0.25) is 4.79 Å². The maximum absolute atomic E-state index is 13.5. The molecule has 3 heteroatoms. The lowest BCUT2D eigenvalue weighted by atomic mass is 9.89. The van der Waals surface area contributed by atoms with Crippen LogP contribution in [0.1, 0.15) is 61.9 Å². The number of fused-ring (bicyclic) bond motifs is 1. The molecule has 0 spiro atoms. The number of halogens is 1. The molecule has 0 radical (unpaired) electrons. The fourth-order valence-corrected chi connectivity index (χ4v) is 3.68. The summed E-state index contributed by atoms with van der Waals surface area (Å²) in [5.74, 6) is -0.183. The summed E-state index contributed by atoms with van der Waals surface area (Å²) in [5, 5.41) is 0. The summed E-state index contributed by atoms with van der Waals surface area (Å²) >= 11 is 0. The number of benzene rings is 1. The Morgan fingerprint density at radius 2 is 1.89 bits per heavy atom. The van der Waals surface area contributed by atoms with Crippen molar-refractivity contribution in [2.24, 2.45) is 0 Å². The predicted molar refractivity (Wildman–Crippen MR) is 72.5 cm³/mol. The second kappa shape index (κ2) is 4.32. The van der Waals surface area contributed by atoms with Crippen molar-refractivity contribution in [3.63, 3.8) is 0 Å². The van der Waals surface area contributed by atoms with E-state index in [4.69, 9.17) is 0 Å². The van der Waals surface area contributed by atoms with Crippen LogP contribution in [0.4, 0.5) is 4.39 Å². The molecule has 1 fully saturated rings. The number of nitrogens with zero attached hydrogens (tertiary/aromatic N) is 1. The zero-order valence-electron chi connectivity index (χ0n) is 11.6. The smallest absolute Gasteiger partial charge is 0.255 e. The zero-order valence-corrected chi connectivity index (χ0v) is 11.6. The van der Waals surface area contributed by atoms with Crippen LogP contribution in [0.2, 0.25) is 0 Å².